The third-order valence-corrected chi connectivity index (χ3v) is 3.15. The first-order chi connectivity index (χ1) is 10.4. The van der Waals surface area contributed by atoms with Gasteiger partial charge in [0, 0.05) is 13.2 Å². The first kappa shape index (κ1) is 18.7. The summed E-state index contributed by atoms with van der Waals surface area (Å²) in [7, 11) is 0. The van der Waals surface area contributed by atoms with E-state index in [2.05, 4.69) is 5.29 Å². The van der Waals surface area contributed by atoms with E-state index in [1.54, 1.807) is 6.92 Å². The summed E-state index contributed by atoms with van der Waals surface area (Å²) in [4.78, 5) is 22.0. The molecule has 0 saturated carbocycles. The largest absolute Gasteiger partial charge is 0.387 e. The van der Waals surface area contributed by atoms with E-state index in [-0.39, 0.29) is 13.2 Å². The molecule has 1 saturated heterocycles. The lowest BCUT2D eigenvalue weighted by molar-refractivity contribution is -0.310. The number of nitrogens with one attached hydrogen (secondary N) is 1. The van der Waals surface area contributed by atoms with E-state index in [4.69, 9.17) is 9.47 Å². The molecule has 0 aromatic rings. The molecule has 22 heavy (non-hydrogen) atoms. The predicted molar refractivity (Wildman–Crippen MR) is 71.0 cm³/mol. The molecule has 0 aromatic carbocycles. The van der Waals surface area contributed by atoms with E-state index in [1.165, 1.54) is 6.92 Å². The van der Waals surface area contributed by atoms with Gasteiger partial charge in [0.25, 0.3) is 0 Å². The van der Waals surface area contributed by atoms with Crippen molar-refractivity contribution in [3.05, 3.63) is 4.91 Å². The Morgan fingerprint density at radius 2 is 1.95 bits per heavy atom. The molecule has 11 heteroatoms. The van der Waals surface area contributed by atoms with Gasteiger partial charge in [-0.2, -0.15) is 5.01 Å². The van der Waals surface area contributed by atoms with Gasteiger partial charge in [0.15, 0.2) is 12.5 Å². The quantitative estimate of drug-likeness (QED) is 0.210. The topological polar surface area (TPSA) is 161 Å². The number of rotatable bonds is 6. The molecule has 0 radical (unpaired) electrons. The lowest BCUT2D eigenvalue weighted by atomic mass is 9.98. The van der Waals surface area contributed by atoms with Crippen LogP contribution in [0.2, 0.25) is 0 Å². The third kappa shape index (κ3) is 4.09. The number of ether oxygens (including phenoxy) is 2. The van der Waals surface area contributed by atoms with Crippen LogP contribution in [0.5, 0.6) is 0 Å². The lowest BCUT2D eigenvalue weighted by Crippen LogP contribution is -2.64. The van der Waals surface area contributed by atoms with Crippen molar-refractivity contribution in [2.45, 2.75) is 50.8 Å². The van der Waals surface area contributed by atoms with Gasteiger partial charge in [-0.3, -0.25) is 0 Å². The summed E-state index contributed by atoms with van der Waals surface area (Å²) < 4.78 is 10.2. The highest BCUT2D eigenvalue weighted by Crippen LogP contribution is 2.23. The average Bonchev–Trinajstić information content (AvgIpc) is 2.49. The maximum absolute atomic E-state index is 11.6. The van der Waals surface area contributed by atoms with Gasteiger partial charge < -0.3 is 35.2 Å². The fourth-order valence-electron chi connectivity index (χ4n) is 1.96. The van der Waals surface area contributed by atoms with Crippen LogP contribution in [0.25, 0.3) is 0 Å². The second kappa shape index (κ2) is 8.31. The Kier molecular flexibility index (Phi) is 7.06. The Balaban J connectivity index is 2.75. The van der Waals surface area contributed by atoms with Crippen LogP contribution < -0.4 is 5.32 Å². The standard InChI is InChI=1S/C11H21N3O8/c1-3-14(13-20)11(19)12-9(18)8-6(16)5(15)7(17)10(22-8)21-4-2/h5-10,15-18H,3-4H2,1-2H3,(H,12,19)/t5-,6-,7+,8-,9?,10+/m0/s1. The zero-order valence-corrected chi connectivity index (χ0v) is 12.2. The Labute approximate surface area is 126 Å². The van der Waals surface area contributed by atoms with Crippen LogP contribution in [0.3, 0.4) is 0 Å². The fourth-order valence-corrected chi connectivity index (χ4v) is 1.96. The number of carbonyl (C=O) groups excluding carboxylic acids is 1. The molecule has 0 spiro atoms. The van der Waals surface area contributed by atoms with E-state index in [0.29, 0.717) is 5.01 Å². The third-order valence-electron chi connectivity index (χ3n) is 3.15. The van der Waals surface area contributed by atoms with Crippen LogP contribution in [0, 0.1) is 4.91 Å². The molecule has 11 nitrogen and oxygen atoms in total. The molecule has 0 bridgehead atoms. The monoisotopic (exact) mass is 323 g/mol. The number of aliphatic hydroxyl groups is 4. The summed E-state index contributed by atoms with van der Waals surface area (Å²) in [6, 6.07) is -1.01. The molecule has 1 heterocycles. The molecule has 5 N–H and O–H groups in total. The zero-order chi connectivity index (χ0) is 16.9. The summed E-state index contributed by atoms with van der Waals surface area (Å²) in [5.41, 5.74) is 0. The first-order valence-electron chi connectivity index (χ1n) is 6.77. The Morgan fingerprint density at radius 3 is 2.45 bits per heavy atom. The Bertz CT molecular complexity index is 384. The number of amides is 2. The van der Waals surface area contributed by atoms with Gasteiger partial charge in [-0.15, -0.1) is 4.91 Å². The van der Waals surface area contributed by atoms with E-state index in [9.17, 15) is 30.1 Å². The van der Waals surface area contributed by atoms with E-state index >= 15 is 0 Å². The van der Waals surface area contributed by atoms with Crippen molar-refractivity contribution in [2.24, 2.45) is 5.29 Å². The Hall–Kier alpha value is -1.37. The van der Waals surface area contributed by atoms with Crippen molar-refractivity contribution in [3.63, 3.8) is 0 Å². The van der Waals surface area contributed by atoms with Gasteiger partial charge in [0.05, 0.1) is 5.29 Å². The number of carbonyl (C=O) groups is 1. The normalized spacial score (nSPS) is 33.1. The minimum atomic E-state index is -1.76. The summed E-state index contributed by atoms with van der Waals surface area (Å²) in [5, 5.41) is 44.1. The van der Waals surface area contributed by atoms with Gasteiger partial charge in [0.2, 0.25) is 0 Å². The number of aliphatic hydroxyl groups excluding tert-OH is 4. The van der Waals surface area contributed by atoms with Crippen LogP contribution in [-0.4, -0.2) is 81.6 Å². The molecular formula is C11H21N3O8. The van der Waals surface area contributed by atoms with Crippen molar-refractivity contribution in [1.82, 2.24) is 10.3 Å². The molecule has 0 aliphatic carbocycles. The van der Waals surface area contributed by atoms with Crippen LogP contribution in [0.1, 0.15) is 13.8 Å². The smallest absolute Gasteiger partial charge is 0.342 e. The highest BCUT2D eigenvalue weighted by atomic mass is 16.7. The second-order valence-electron chi connectivity index (χ2n) is 4.59. The van der Waals surface area contributed by atoms with E-state index in [1.807, 2.05) is 5.32 Å². The summed E-state index contributed by atoms with van der Waals surface area (Å²) >= 11 is 0. The molecule has 1 rings (SSSR count). The van der Waals surface area contributed by atoms with Gasteiger partial charge in [0.1, 0.15) is 24.4 Å². The van der Waals surface area contributed by atoms with E-state index < -0.39 is 43.0 Å². The average molecular weight is 323 g/mol. The van der Waals surface area contributed by atoms with Crippen molar-refractivity contribution < 1.29 is 34.7 Å². The SMILES string of the molecule is CCO[C@@H]1O[C@H](C(O)NC(=O)N(CC)N=O)[C@@H](O)[C@H](O)[C@H]1O. The van der Waals surface area contributed by atoms with Gasteiger partial charge in [-0.1, -0.05) is 0 Å². The van der Waals surface area contributed by atoms with Gasteiger partial charge in [-0.05, 0) is 13.8 Å². The molecule has 0 aromatic heterocycles. The molecule has 1 aliphatic rings. The van der Waals surface area contributed by atoms with Crippen LogP contribution in [0.4, 0.5) is 4.79 Å². The maximum Gasteiger partial charge on any atom is 0.342 e. The van der Waals surface area contributed by atoms with Crippen molar-refractivity contribution in [3.8, 4) is 0 Å². The van der Waals surface area contributed by atoms with Crippen molar-refractivity contribution in [2.75, 3.05) is 13.2 Å². The van der Waals surface area contributed by atoms with Crippen molar-refractivity contribution >= 4 is 6.03 Å². The molecule has 1 aliphatic heterocycles. The minimum Gasteiger partial charge on any atom is -0.387 e. The zero-order valence-electron chi connectivity index (χ0n) is 12.2. The fraction of sp³-hybridized carbons (Fsp3) is 0.909. The molecular weight excluding hydrogens is 302 g/mol. The summed E-state index contributed by atoms with van der Waals surface area (Å²) in [5.74, 6) is 0. The van der Waals surface area contributed by atoms with Gasteiger partial charge >= 0.3 is 6.03 Å². The number of hydrogen-bond donors (Lipinski definition) is 5. The highest BCUT2D eigenvalue weighted by Gasteiger charge is 2.47. The van der Waals surface area contributed by atoms with Crippen molar-refractivity contribution in [1.29, 1.82) is 0 Å². The lowest BCUT2D eigenvalue weighted by Gasteiger charge is -2.41. The summed E-state index contributed by atoms with van der Waals surface area (Å²) in [6.45, 7) is 3.23. The number of nitrogens with zero attached hydrogens (tertiary/aromatic N) is 2. The number of nitroso groups, excluding NO2 is 1. The van der Waals surface area contributed by atoms with Gasteiger partial charge in [-0.25, -0.2) is 4.79 Å². The molecule has 6 atom stereocenters. The molecule has 1 fully saturated rings. The summed E-state index contributed by atoms with van der Waals surface area (Å²) in [6.07, 6.45) is -9.36. The number of urea groups is 1. The molecule has 2 amide bonds. The van der Waals surface area contributed by atoms with Crippen LogP contribution in [0.15, 0.2) is 5.29 Å². The first-order valence-corrected chi connectivity index (χ1v) is 6.77. The highest BCUT2D eigenvalue weighted by molar-refractivity contribution is 5.73. The Morgan fingerprint density at radius 1 is 1.32 bits per heavy atom. The molecule has 1 unspecified atom stereocenters. The van der Waals surface area contributed by atoms with Crippen LogP contribution in [-0.2, 0) is 9.47 Å². The van der Waals surface area contributed by atoms with E-state index in [0.717, 1.165) is 0 Å². The predicted octanol–water partition coefficient (Wildman–Crippen LogP) is -2.14. The second-order valence-corrected chi connectivity index (χ2v) is 4.59. The number of hydrogen-bond acceptors (Lipinski definition) is 9. The molecule has 128 valence electrons. The van der Waals surface area contributed by atoms with Crippen LogP contribution >= 0.6 is 0 Å². The maximum atomic E-state index is 11.6. The minimum absolute atomic E-state index is 0.0287.